The molecule has 33 heavy (non-hydrogen) atoms. The number of carbonyl (C=O) groups excluding carboxylic acids is 1. The van der Waals surface area contributed by atoms with Gasteiger partial charge in [0.15, 0.2) is 5.82 Å². The van der Waals surface area contributed by atoms with Crippen LogP contribution >= 0.6 is 0 Å². The number of hydrogen-bond acceptors (Lipinski definition) is 7. The number of nitrogens with zero attached hydrogens (tertiary/aromatic N) is 5. The molecule has 2 atom stereocenters. The van der Waals surface area contributed by atoms with Gasteiger partial charge in [-0.3, -0.25) is 4.79 Å². The molecule has 1 amide bonds. The Balaban J connectivity index is 1.33. The molecule has 3 aliphatic heterocycles. The molecule has 4 bridgehead atoms. The van der Waals surface area contributed by atoms with E-state index in [1.54, 1.807) is 12.4 Å². The zero-order valence-corrected chi connectivity index (χ0v) is 18.3. The van der Waals surface area contributed by atoms with Crippen molar-refractivity contribution in [1.82, 2.24) is 19.7 Å². The second-order valence-corrected chi connectivity index (χ2v) is 8.81. The molecule has 1 N–H and O–H groups in total. The van der Waals surface area contributed by atoms with Crippen LogP contribution in [0.15, 0.2) is 42.7 Å². The number of carbonyl (C=O) groups is 1. The quantitative estimate of drug-likeness (QED) is 0.614. The topological polar surface area (TPSA) is 94.4 Å². The standard InChI is InChI=1S/C24H26N6O3/c31-24-19-12-16(30-13-17-7-8-18(14-30)33-17)6-9-21(19)32-11-2-1-10-29-15-25-28-23(29)20-4-3-5-22(26-20)27-24/h3-6,9,12,15,17-18H,1-2,7-8,10-11,13-14H2,(H,26,27,31). The molecule has 9 nitrogen and oxygen atoms in total. The third-order valence-electron chi connectivity index (χ3n) is 6.50. The first kappa shape index (κ1) is 20.2. The van der Waals surface area contributed by atoms with E-state index < -0.39 is 0 Å². The summed E-state index contributed by atoms with van der Waals surface area (Å²) < 4.78 is 14.0. The lowest BCUT2D eigenvalue weighted by atomic mass is 10.1. The summed E-state index contributed by atoms with van der Waals surface area (Å²) in [6.45, 7) is 3.00. The van der Waals surface area contributed by atoms with E-state index in [1.807, 2.05) is 34.9 Å². The van der Waals surface area contributed by atoms with Gasteiger partial charge in [0.2, 0.25) is 0 Å². The first-order chi connectivity index (χ1) is 16.2. The molecule has 0 saturated carbocycles. The van der Waals surface area contributed by atoms with Crippen molar-refractivity contribution in [1.29, 1.82) is 0 Å². The van der Waals surface area contributed by atoms with Crippen molar-refractivity contribution in [3.8, 4) is 17.3 Å². The highest BCUT2D eigenvalue weighted by Crippen LogP contribution is 2.32. The van der Waals surface area contributed by atoms with Crippen molar-refractivity contribution >= 4 is 17.4 Å². The SMILES string of the molecule is O=C1Nc2cccc(n2)-c2nncn2CCCCOc2ccc(N3CC4CCC(C3)O4)cc21. The first-order valence-corrected chi connectivity index (χ1v) is 11.6. The molecule has 3 aromatic rings. The molecular formula is C24H26N6O3. The van der Waals surface area contributed by atoms with Crippen molar-refractivity contribution in [2.75, 3.05) is 29.9 Å². The third-order valence-corrected chi connectivity index (χ3v) is 6.50. The predicted octanol–water partition coefficient (Wildman–Crippen LogP) is 3.13. The van der Waals surface area contributed by atoms with E-state index in [1.165, 1.54) is 0 Å². The molecule has 5 heterocycles. The molecule has 6 rings (SSSR count). The van der Waals surface area contributed by atoms with Crippen LogP contribution in [0.25, 0.3) is 11.5 Å². The Morgan fingerprint density at radius 1 is 1.06 bits per heavy atom. The van der Waals surface area contributed by atoms with Gasteiger partial charge in [0, 0.05) is 25.3 Å². The fourth-order valence-electron chi connectivity index (χ4n) is 4.84. The number of hydrogen-bond donors (Lipinski definition) is 1. The number of morpholine rings is 1. The number of nitrogens with one attached hydrogen (secondary N) is 1. The zero-order chi connectivity index (χ0) is 22.2. The third kappa shape index (κ3) is 4.04. The van der Waals surface area contributed by atoms with Gasteiger partial charge < -0.3 is 24.3 Å². The molecule has 170 valence electrons. The van der Waals surface area contributed by atoms with Gasteiger partial charge in [0.25, 0.3) is 5.91 Å². The largest absolute Gasteiger partial charge is 0.493 e. The lowest BCUT2D eigenvalue weighted by molar-refractivity contribution is 0.0305. The number of anilines is 2. The highest BCUT2D eigenvalue weighted by molar-refractivity contribution is 6.06. The van der Waals surface area contributed by atoms with Crippen LogP contribution in [0, 0.1) is 0 Å². The molecule has 0 radical (unpaired) electrons. The van der Waals surface area contributed by atoms with Gasteiger partial charge in [-0.2, -0.15) is 0 Å². The van der Waals surface area contributed by atoms with E-state index in [0.29, 0.717) is 35.3 Å². The minimum Gasteiger partial charge on any atom is -0.493 e. The summed E-state index contributed by atoms with van der Waals surface area (Å²) >= 11 is 0. The number of fused-ring (bicyclic) bond motifs is 7. The van der Waals surface area contributed by atoms with Gasteiger partial charge in [-0.15, -0.1) is 10.2 Å². The van der Waals surface area contributed by atoms with E-state index in [-0.39, 0.29) is 18.1 Å². The van der Waals surface area contributed by atoms with Gasteiger partial charge in [0.1, 0.15) is 23.6 Å². The number of aromatic nitrogens is 4. The maximum atomic E-state index is 13.3. The summed E-state index contributed by atoms with van der Waals surface area (Å²) in [5, 5.41) is 11.2. The predicted molar refractivity (Wildman–Crippen MR) is 122 cm³/mol. The van der Waals surface area contributed by atoms with Crippen LogP contribution in [0.3, 0.4) is 0 Å². The van der Waals surface area contributed by atoms with E-state index in [4.69, 9.17) is 9.47 Å². The smallest absolute Gasteiger partial charge is 0.260 e. The number of aryl methyl sites for hydroxylation is 1. The highest BCUT2D eigenvalue weighted by Gasteiger charge is 2.34. The fourth-order valence-corrected chi connectivity index (χ4v) is 4.84. The van der Waals surface area contributed by atoms with Crippen LogP contribution in [-0.4, -0.2) is 57.6 Å². The molecule has 2 unspecified atom stereocenters. The van der Waals surface area contributed by atoms with Gasteiger partial charge in [-0.25, -0.2) is 4.98 Å². The van der Waals surface area contributed by atoms with Gasteiger partial charge in [0.05, 0.1) is 24.4 Å². The highest BCUT2D eigenvalue weighted by atomic mass is 16.5. The van der Waals surface area contributed by atoms with Crippen LogP contribution in [-0.2, 0) is 11.3 Å². The van der Waals surface area contributed by atoms with Gasteiger partial charge in [-0.1, -0.05) is 6.07 Å². The van der Waals surface area contributed by atoms with Crippen LogP contribution in [0.5, 0.6) is 5.75 Å². The Morgan fingerprint density at radius 3 is 2.82 bits per heavy atom. The van der Waals surface area contributed by atoms with E-state index in [0.717, 1.165) is 51.0 Å². The summed E-state index contributed by atoms with van der Waals surface area (Å²) in [7, 11) is 0. The second-order valence-electron chi connectivity index (χ2n) is 8.81. The zero-order valence-electron chi connectivity index (χ0n) is 18.3. The number of amides is 1. The minimum absolute atomic E-state index is 0.244. The fraction of sp³-hybridized carbons (Fsp3) is 0.417. The Labute approximate surface area is 191 Å². The Kier molecular flexibility index (Phi) is 5.18. The maximum absolute atomic E-state index is 13.3. The first-order valence-electron chi connectivity index (χ1n) is 11.6. The summed E-state index contributed by atoms with van der Waals surface area (Å²) in [5.74, 6) is 1.50. The van der Waals surface area contributed by atoms with Crippen molar-refractivity contribution in [2.45, 2.75) is 44.4 Å². The summed E-state index contributed by atoms with van der Waals surface area (Å²) in [6, 6.07) is 11.4. The van der Waals surface area contributed by atoms with Crippen molar-refractivity contribution in [2.24, 2.45) is 0 Å². The average molecular weight is 447 g/mol. The van der Waals surface area contributed by atoms with E-state index in [2.05, 4.69) is 25.4 Å². The number of ether oxygens (including phenoxy) is 2. The van der Waals surface area contributed by atoms with Crippen molar-refractivity contribution in [3.63, 3.8) is 0 Å². The second kappa shape index (κ2) is 8.47. The van der Waals surface area contributed by atoms with Crippen molar-refractivity contribution < 1.29 is 14.3 Å². The monoisotopic (exact) mass is 446 g/mol. The Hall–Kier alpha value is -3.46. The van der Waals surface area contributed by atoms with Crippen LogP contribution in [0.1, 0.15) is 36.0 Å². The molecule has 1 aromatic carbocycles. The Morgan fingerprint density at radius 2 is 1.94 bits per heavy atom. The van der Waals surface area contributed by atoms with Gasteiger partial charge >= 0.3 is 0 Å². The minimum atomic E-state index is -0.244. The number of rotatable bonds is 1. The van der Waals surface area contributed by atoms with Crippen LogP contribution in [0.2, 0.25) is 0 Å². The molecule has 3 aliphatic rings. The maximum Gasteiger partial charge on any atom is 0.260 e. The molecule has 2 fully saturated rings. The summed E-state index contributed by atoms with van der Waals surface area (Å²) in [4.78, 5) is 20.3. The van der Waals surface area contributed by atoms with E-state index in [9.17, 15) is 4.79 Å². The molecule has 9 heteroatoms. The number of benzene rings is 1. The summed E-state index contributed by atoms with van der Waals surface area (Å²) in [6.07, 6.45) is 6.22. The normalized spacial score (nSPS) is 22.5. The molecule has 0 spiro atoms. The lowest BCUT2D eigenvalue weighted by Crippen LogP contribution is -2.42. The van der Waals surface area contributed by atoms with Crippen LogP contribution in [0.4, 0.5) is 11.5 Å². The summed E-state index contributed by atoms with van der Waals surface area (Å²) in [5.41, 5.74) is 2.21. The molecular weight excluding hydrogens is 420 g/mol. The lowest BCUT2D eigenvalue weighted by Gasteiger charge is -2.34. The number of pyridine rings is 1. The van der Waals surface area contributed by atoms with Gasteiger partial charge in [-0.05, 0) is 56.0 Å². The average Bonchev–Trinajstić information content (AvgIpc) is 3.44. The Bertz CT molecular complexity index is 1170. The molecule has 2 aromatic heterocycles. The van der Waals surface area contributed by atoms with Crippen molar-refractivity contribution in [3.05, 3.63) is 48.3 Å². The van der Waals surface area contributed by atoms with E-state index >= 15 is 0 Å². The van der Waals surface area contributed by atoms with Crippen LogP contribution < -0.4 is 15.0 Å². The molecule has 0 aliphatic carbocycles. The molecule has 2 saturated heterocycles.